The number of hydrogen-bond acceptors (Lipinski definition) is 3. The van der Waals surface area contributed by atoms with Crippen LogP contribution in [0.5, 0.6) is 0 Å². The Balaban J connectivity index is 2.37. The minimum absolute atomic E-state index is 0.193. The van der Waals surface area contributed by atoms with E-state index in [-0.39, 0.29) is 5.60 Å². The maximum atomic E-state index is 5.65. The Morgan fingerprint density at radius 2 is 2.06 bits per heavy atom. The molecule has 1 aromatic heterocycles. The Hall–Kier alpha value is -1.81. The molecular weight excluding hydrogens is 226 g/mol. The molecule has 0 radical (unpaired) electrons. The second-order valence-corrected chi connectivity index (χ2v) is 5.00. The van der Waals surface area contributed by atoms with E-state index in [4.69, 9.17) is 10.5 Å². The molecule has 0 aliphatic carbocycles. The van der Waals surface area contributed by atoms with Crippen LogP contribution in [0.1, 0.15) is 19.4 Å². The van der Waals surface area contributed by atoms with E-state index in [0.29, 0.717) is 5.82 Å². The smallest absolute Gasteiger partial charge is 0.145 e. The maximum absolute atomic E-state index is 5.65. The summed E-state index contributed by atoms with van der Waals surface area (Å²) in [7, 11) is 1.73. The number of benzene rings is 1. The molecule has 18 heavy (non-hydrogen) atoms. The Bertz CT molecular complexity index is 531. The molecule has 1 heterocycles. The van der Waals surface area contributed by atoms with E-state index in [1.807, 2.05) is 18.2 Å². The number of hydrogen-bond donors (Lipinski definition) is 2. The minimum Gasteiger partial charge on any atom is -0.382 e. The molecule has 0 aliphatic rings. The van der Waals surface area contributed by atoms with Crippen molar-refractivity contribution in [1.82, 2.24) is 10.2 Å². The molecule has 0 fully saturated rings. The number of aromatic amines is 1. The molecular formula is C14H19N3O. The zero-order valence-corrected chi connectivity index (χ0v) is 11.0. The first-order chi connectivity index (χ1) is 8.52. The average Bonchev–Trinajstić information content (AvgIpc) is 2.76. The first-order valence-corrected chi connectivity index (χ1v) is 5.96. The molecule has 3 N–H and O–H groups in total. The Morgan fingerprint density at radius 1 is 1.33 bits per heavy atom. The number of nitrogens with one attached hydrogen (secondary N) is 1. The zero-order valence-electron chi connectivity index (χ0n) is 11.0. The Labute approximate surface area is 107 Å². The number of rotatable bonds is 4. The summed E-state index contributed by atoms with van der Waals surface area (Å²) >= 11 is 0. The van der Waals surface area contributed by atoms with Crippen LogP contribution in [0, 0.1) is 0 Å². The van der Waals surface area contributed by atoms with Gasteiger partial charge in [0.05, 0.1) is 11.3 Å². The van der Waals surface area contributed by atoms with Gasteiger partial charge in [0.2, 0.25) is 0 Å². The van der Waals surface area contributed by atoms with Crippen molar-refractivity contribution in [2.75, 3.05) is 12.8 Å². The quantitative estimate of drug-likeness (QED) is 0.870. The van der Waals surface area contributed by atoms with E-state index in [1.165, 1.54) is 5.56 Å². The third-order valence-electron chi connectivity index (χ3n) is 3.07. The van der Waals surface area contributed by atoms with Gasteiger partial charge in [-0.25, -0.2) is 0 Å². The lowest BCUT2D eigenvalue weighted by Crippen LogP contribution is -2.25. The number of nitrogens with zero attached hydrogens (tertiary/aromatic N) is 1. The highest BCUT2D eigenvalue weighted by atomic mass is 16.5. The van der Waals surface area contributed by atoms with Gasteiger partial charge in [-0.1, -0.05) is 24.3 Å². The summed E-state index contributed by atoms with van der Waals surface area (Å²) in [6.07, 6.45) is 0.832. The van der Waals surface area contributed by atoms with Gasteiger partial charge in [-0.2, -0.15) is 5.10 Å². The molecule has 0 saturated heterocycles. The Morgan fingerprint density at radius 3 is 2.67 bits per heavy atom. The molecule has 4 heteroatoms. The molecule has 2 aromatic rings. The highest BCUT2D eigenvalue weighted by molar-refractivity contribution is 5.66. The highest BCUT2D eigenvalue weighted by Gasteiger charge is 2.19. The van der Waals surface area contributed by atoms with Crippen molar-refractivity contribution in [2.45, 2.75) is 25.9 Å². The van der Waals surface area contributed by atoms with Crippen molar-refractivity contribution < 1.29 is 4.74 Å². The minimum atomic E-state index is -0.193. The van der Waals surface area contributed by atoms with Crippen molar-refractivity contribution in [3.63, 3.8) is 0 Å². The van der Waals surface area contributed by atoms with Crippen LogP contribution < -0.4 is 5.73 Å². The van der Waals surface area contributed by atoms with Gasteiger partial charge in [0.25, 0.3) is 0 Å². The van der Waals surface area contributed by atoms with E-state index in [0.717, 1.165) is 17.7 Å². The van der Waals surface area contributed by atoms with Gasteiger partial charge in [-0.3, -0.25) is 5.10 Å². The molecule has 0 aliphatic heterocycles. The fourth-order valence-corrected chi connectivity index (χ4v) is 1.94. The summed E-state index contributed by atoms with van der Waals surface area (Å²) in [5.74, 6) is 0.505. The van der Waals surface area contributed by atoms with Crippen molar-refractivity contribution in [1.29, 1.82) is 0 Å². The molecule has 2 rings (SSSR count). The number of methoxy groups -OCH3 is 1. The van der Waals surface area contributed by atoms with E-state index in [1.54, 1.807) is 7.11 Å². The van der Waals surface area contributed by atoms with Gasteiger partial charge in [0.15, 0.2) is 0 Å². The summed E-state index contributed by atoms with van der Waals surface area (Å²) in [5, 5.41) is 6.92. The van der Waals surface area contributed by atoms with Crippen LogP contribution in [0.25, 0.3) is 11.3 Å². The second-order valence-electron chi connectivity index (χ2n) is 5.00. The number of anilines is 1. The van der Waals surface area contributed by atoms with Gasteiger partial charge >= 0.3 is 0 Å². The molecule has 0 spiro atoms. The fraction of sp³-hybridized carbons (Fsp3) is 0.357. The lowest BCUT2D eigenvalue weighted by Gasteiger charge is -2.24. The molecule has 0 bridgehead atoms. The van der Waals surface area contributed by atoms with Crippen LogP contribution in [0.2, 0.25) is 0 Å². The highest BCUT2D eigenvalue weighted by Crippen LogP contribution is 2.27. The molecule has 1 aromatic carbocycles. The monoisotopic (exact) mass is 245 g/mol. The topological polar surface area (TPSA) is 63.9 Å². The maximum Gasteiger partial charge on any atom is 0.145 e. The molecule has 4 nitrogen and oxygen atoms in total. The number of nitrogens with two attached hydrogens (primary N) is 1. The molecule has 0 unspecified atom stereocenters. The van der Waals surface area contributed by atoms with Crippen LogP contribution in [0.15, 0.2) is 30.3 Å². The molecule has 0 amide bonds. The third-order valence-corrected chi connectivity index (χ3v) is 3.07. The summed E-state index contributed by atoms with van der Waals surface area (Å²) in [4.78, 5) is 0. The van der Waals surface area contributed by atoms with E-state index >= 15 is 0 Å². The van der Waals surface area contributed by atoms with Gasteiger partial charge in [-0.05, 0) is 19.4 Å². The summed E-state index contributed by atoms with van der Waals surface area (Å²) in [5.41, 5.74) is 8.73. The summed E-state index contributed by atoms with van der Waals surface area (Å²) in [6.45, 7) is 4.15. The normalized spacial score (nSPS) is 11.7. The Kier molecular flexibility index (Phi) is 3.39. The first kappa shape index (κ1) is 12.6. The van der Waals surface area contributed by atoms with Gasteiger partial charge < -0.3 is 10.5 Å². The van der Waals surface area contributed by atoms with E-state index in [2.05, 4.69) is 36.2 Å². The van der Waals surface area contributed by atoms with Gasteiger partial charge in [0.1, 0.15) is 5.82 Å². The standard InChI is InChI=1S/C14H19N3O/c1-14(2,18-3)9-10-6-4-5-7-11(10)12-8-13(15)17-16-12/h4-8H,9H2,1-3H3,(H3,15,16,17). The molecule has 0 atom stereocenters. The number of H-pyrrole nitrogens is 1. The van der Waals surface area contributed by atoms with E-state index in [9.17, 15) is 0 Å². The summed E-state index contributed by atoms with van der Waals surface area (Å²) < 4.78 is 5.49. The van der Waals surface area contributed by atoms with Crippen LogP contribution in [0.4, 0.5) is 5.82 Å². The first-order valence-electron chi connectivity index (χ1n) is 5.96. The van der Waals surface area contributed by atoms with Crippen LogP contribution in [-0.2, 0) is 11.2 Å². The largest absolute Gasteiger partial charge is 0.382 e. The van der Waals surface area contributed by atoms with Gasteiger partial charge in [0, 0.05) is 25.2 Å². The lowest BCUT2D eigenvalue weighted by molar-refractivity contribution is 0.0233. The van der Waals surface area contributed by atoms with Crippen LogP contribution in [0.3, 0.4) is 0 Å². The fourth-order valence-electron chi connectivity index (χ4n) is 1.94. The van der Waals surface area contributed by atoms with Crippen LogP contribution >= 0.6 is 0 Å². The summed E-state index contributed by atoms with van der Waals surface area (Å²) in [6, 6.07) is 10.1. The van der Waals surface area contributed by atoms with Crippen molar-refractivity contribution >= 4 is 5.82 Å². The van der Waals surface area contributed by atoms with Gasteiger partial charge in [-0.15, -0.1) is 0 Å². The van der Waals surface area contributed by atoms with Crippen LogP contribution in [-0.4, -0.2) is 22.9 Å². The second kappa shape index (κ2) is 4.82. The molecule has 0 saturated carbocycles. The lowest BCUT2D eigenvalue weighted by atomic mass is 9.93. The predicted molar refractivity (Wildman–Crippen MR) is 73.2 cm³/mol. The zero-order chi connectivity index (χ0) is 13.2. The number of aromatic nitrogens is 2. The van der Waals surface area contributed by atoms with E-state index < -0.39 is 0 Å². The molecule has 96 valence electrons. The third kappa shape index (κ3) is 2.71. The van der Waals surface area contributed by atoms with Crippen molar-refractivity contribution in [3.05, 3.63) is 35.9 Å². The average molecular weight is 245 g/mol. The van der Waals surface area contributed by atoms with Crippen molar-refractivity contribution in [3.8, 4) is 11.3 Å². The predicted octanol–water partition coefficient (Wildman–Crippen LogP) is 2.63. The van der Waals surface area contributed by atoms with Crippen molar-refractivity contribution in [2.24, 2.45) is 0 Å². The number of ether oxygens (including phenoxy) is 1. The number of nitrogen functional groups attached to an aromatic ring is 1. The SMILES string of the molecule is COC(C)(C)Cc1ccccc1-c1cc(N)n[nH]1.